The van der Waals surface area contributed by atoms with E-state index < -0.39 is 0 Å². The first kappa shape index (κ1) is 8.23. The zero-order valence-electron chi connectivity index (χ0n) is 8.02. The Labute approximate surface area is 82.3 Å². The van der Waals surface area contributed by atoms with Crippen molar-refractivity contribution in [3.63, 3.8) is 0 Å². The van der Waals surface area contributed by atoms with E-state index in [0.29, 0.717) is 11.8 Å². The summed E-state index contributed by atoms with van der Waals surface area (Å²) in [4.78, 5) is 6.60. The van der Waals surface area contributed by atoms with Gasteiger partial charge in [0.1, 0.15) is 0 Å². The second-order valence-corrected chi connectivity index (χ2v) is 4.26. The van der Waals surface area contributed by atoms with Gasteiger partial charge in [0.05, 0.1) is 5.92 Å². The van der Waals surface area contributed by atoms with Crippen molar-refractivity contribution < 1.29 is 4.52 Å². The number of nitrogen functional groups attached to an aromatic ring is 1. The number of rotatable bonds is 1. The second kappa shape index (κ2) is 2.95. The van der Waals surface area contributed by atoms with Crippen molar-refractivity contribution in [3.05, 3.63) is 5.89 Å². The van der Waals surface area contributed by atoms with Crippen molar-refractivity contribution in [2.24, 2.45) is 5.92 Å². The molecule has 3 rings (SSSR count). The van der Waals surface area contributed by atoms with E-state index in [1.54, 1.807) is 0 Å². The lowest BCUT2D eigenvalue weighted by molar-refractivity contribution is 0.268. The fourth-order valence-corrected chi connectivity index (χ4v) is 2.69. The third-order valence-corrected chi connectivity index (χ3v) is 3.34. The van der Waals surface area contributed by atoms with Gasteiger partial charge in [-0.1, -0.05) is 0 Å². The highest BCUT2D eigenvalue weighted by Crippen LogP contribution is 2.37. The lowest BCUT2D eigenvalue weighted by Gasteiger charge is -2.21. The third kappa shape index (κ3) is 1.19. The highest BCUT2D eigenvalue weighted by Gasteiger charge is 2.39. The van der Waals surface area contributed by atoms with Crippen molar-refractivity contribution in [1.29, 1.82) is 0 Å². The maximum atomic E-state index is 5.45. The minimum absolute atomic E-state index is 0.261. The number of nitrogens with two attached hydrogens (primary N) is 1. The molecule has 2 saturated heterocycles. The largest absolute Gasteiger partial charge is 0.365 e. The lowest BCUT2D eigenvalue weighted by Crippen LogP contribution is -2.25. The van der Waals surface area contributed by atoms with E-state index in [0.717, 1.165) is 12.4 Å². The van der Waals surface area contributed by atoms with Crippen LogP contribution in [0.3, 0.4) is 0 Å². The Hall–Kier alpha value is -1.10. The standard InChI is InChI=1S/C9H14N4O/c10-9-11-8(14-12-9)7-5-13-3-1-2-6(7)4-13/h6-7H,1-5H2,(H2,10,12)/t6-,7+/m0/s1. The van der Waals surface area contributed by atoms with Crippen molar-refractivity contribution in [2.75, 3.05) is 25.4 Å². The van der Waals surface area contributed by atoms with Gasteiger partial charge in [0, 0.05) is 13.1 Å². The Kier molecular flexibility index (Phi) is 1.73. The van der Waals surface area contributed by atoms with Crippen LogP contribution in [-0.2, 0) is 0 Å². The van der Waals surface area contributed by atoms with Gasteiger partial charge in [0.15, 0.2) is 0 Å². The van der Waals surface area contributed by atoms with E-state index in [1.165, 1.54) is 25.9 Å². The molecule has 76 valence electrons. The van der Waals surface area contributed by atoms with Crippen LogP contribution in [0.25, 0.3) is 0 Å². The molecule has 0 radical (unpaired) electrons. The van der Waals surface area contributed by atoms with Crippen LogP contribution in [0.1, 0.15) is 24.7 Å². The molecule has 14 heavy (non-hydrogen) atoms. The van der Waals surface area contributed by atoms with Crippen LogP contribution in [0.2, 0.25) is 0 Å². The van der Waals surface area contributed by atoms with Crippen LogP contribution in [0.5, 0.6) is 0 Å². The van der Waals surface area contributed by atoms with E-state index in [9.17, 15) is 0 Å². The van der Waals surface area contributed by atoms with Crippen LogP contribution < -0.4 is 5.73 Å². The Bertz CT molecular complexity index is 337. The van der Waals surface area contributed by atoms with Crippen molar-refractivity contribution in [3.8, 4) is 0 Å². The molecule has 3 atom stereocenters. The molecule has 1 unspecified atom stereocenters. The highest BCUT2D eigenvalue weighted by atomic mass is 16.5. The Morgan fingerprint density at radius 3 is 3.07 bits per heavy atom. The first-order chi connectivity index (χ1) is 6.83. The normalized spacial score (nSPS) is 36.1. The van der Waals surface area contributed by atoms with Gasteiger partial charge in [0.2, 0.25) is 5.89 Å². The van der Waals surface area contributed by atoms with E-state index in [2.05, 4.69) is 15.0 Å². The summed E-state index contributed by atoms with van der Waals surface area (Å²) in [5.74, 6) is 2.11. The zero-order chi connectivity index (χ0) is 9.54. The molecule has 5 nitrogen and oxygen atoms in total. The summed E-state index contributed by atoms with van der Waals surface area (Å²) in [6.07, 6.45) is 2.58. The molecular weight excluding hydrogens is 180 g/mol. The van der Waals surface area contributed by atoms with Gasteiger partial charge in [-0.3, -0.25) is 0 Å². The summed E-state index contributed by atoms with van der Waals surface area (Å²) < 4.78 is 5.14. The Balaban J connectivity index is 1.85. The molecule has 3 heterocycles. The van der Waals surface area contributed by atoms with Gasteiger partial charge in [-0.2, -0.15) is 4.98 Å². The summed E-state index contributed by atoms with van der Waals surface area (Å²) in [7, 11) is 0. The Morgan fingerprint density at radius 2 is 2.36 bits per heavy atom. The number of hydrogen-bond donors (Lipinski definition) is 1. The summed E-state index contributed by atoms with van der Waals surface area (Å²) in [5, 5.41) is 3.65. The molecule has 5 heteroatoms. The quantitative estimate of drug-likeness (QED) is 0.703. The van der Waals surface area contributed by atoms with Crippen molar-refractivity contribution in [1.82, 2.24) is 15.0 Å². The van der Waals surface area contributed by atoms with Gasteiger partial charge in [-0.15, -0.1) is 0 Å². The third-order valence-electron chi connectivity index (χ3n) is 3.34. The van der Waals surface area contributed by atoms with Crippen molar-refractivity contribution >= 4 is 5.95 Å². The summed E-state index contributed by atoms with van der Waals surface area (Å²) in [6.45, 7) is 3.47. The van der Waals surface area contributed by atoms with Gasteiger partial charge < -0.3 is 15.2 Å². The maximum absolute atomic E-state index is 5.45. The molecule has 2 fully saturated rings. The van der Waals surface area contributed by atoms with Crippen LogP contribution in [-0.4, -0.2) is 34.7 Å². The molecule has 1 aromatic rings. The topological polar surface area (TPSA) is 68.2 Å². The average Bonchev–Trinajstić information content (AvgIpc) is 2.71. The molecule has 0 saturated carbocycles. The average molecular weight is 194 g/mol. The maximum Gasteiger partial charge on any atom is 0.260 e. The van der Waals surface area contributed by atoms with Crippen LogP contribution in [0.15, 0.2) is 4.52 Å². The van der Waals surface area contributed by atoms with Crippen LogP contribution >= 0.6 is 0 Å². The minimum Gasteiger partial charge on any atom is -0.365 e. The predicted octanol–water partition coefficient (Wildman–Crippen LogP) is 0.461. The zero-order valence-corrected chi connectivity index (χ0v) is 8.02. The van der Waals surface area contributed by atoms with Gasteiger partial charge >= 0.3 is 0 Å². The van der Waals surface area contributed by atoms with Gasteiger partial charge in [0.25, 0.3) is 5.95 Å². The molecule has 0 aliphatic carbocycles. The minimum atomic E-state index is 0.261. The molecule has 2 aliphatic heterocycles. The molecule has 1 aromatic heterocycles. The number of nitrogens with zero attached hydrogens (tertiary/aromatic N) is 3. The number of hydrogen-bond acceptors (Lipinski definition) is 5. The van der Waals surface area contributed by atoms with E-state index >= 15 is 0 Å². The van der Waals surface area contributed by atoms with Crippen LogP contribution in [0.4, 0.5) is 5.95 Å². The molecule has 0 spiro atoms. The monoisotopic (exact) mass is 194 g/mol. The number of anilines is 1. The first-order valence-corrected chi connectivity index (χ1v) is 5.14. The predicted molar refractivity (Wildman–Crippen MR) is 50.6 cm³/mol. The first-order valence-electron chi connectivity index (χ1n) is 5.14. The van der Waals surface area contributed by atoms with E-state index in [4.69, 9.17) is 10.3 Å². The molecular formula is C9H14N4O. The molecule has 2 bridgehead atoms. The fourth-order valence-electron chi connectivity index (χ4n) is 2.69. The fraction of sp³-hybridized carbons (Fsp3) is 0.778. The summed E-state index contributed by atoms with van der Waals surface area (Å²) >= 11 is 0. The lowest BCUT2D eigenvalue weighted by atomic mass is 9.91. The molecule has 2 aliphatic rings. The summed E-state index contributed by atoms with van der Waals surface area (Å²) in [6, 6.07) is 0. The number of fused-ring (bicyclic) bond motifs is 2. The SMILES string of the molecule is Nc1noc([C@@H]2CN3CCC[C@H]2C3)n1. The highest BCUT2D eigenvalue weighted by molar-refractivity contribution is 5.14. The van der Waals surface area contributed by atoms with E-state index in [-0.39, 0.29) is 5.95 Å². The number of aromatic nitrogens is 2. The van der Waals surface area contributed by atoms with Gasteiger partial charge in [-0.05, 0) is 30.5 Å². The Morgan fingerprint density at radius 1 is 1.43 bits per heavy atom. The second-order valence-electron chi connectivity index (χ2n) is 4.26. The van der Waals surface area contributed by atoms with Crippen molar-refractivity contribution in [2.45, 2.75) is 18.8 Å². The van der Waals surface area contributed by atoms with Gasteiger partial charge in [-0.25, -0.2) is 0 Å². The molecule has 0 amide bonds. The van der Waals surface area contributed by atoms with Crippen LogP contribution in [0, 0.1) is 5.92 Å². The number of piperidine rings is 1. The van der Waals surface area contributed by atoms with E-state index in [1.807, 2.05) is 0 Å². The smallest absolute Gasteiger partial charge is 0.260 e. The molecule has 2 N–H and O–H groups in total. The molecule has 0 aromatic carbocycles. The summed E-state index contributed by atoms with van der Waals surface area (Å²) in [5.41, 5.74) is 5.45.